The van der Waals surface area contributed by atoms with Crippen molar-refractivity contribution in [2.75, 3.05) is 5.88 Å². The van der Waals surface area contributed by atoms with E-state index in [9.17, 15) is 4.79 Å². The summed E-state index contributed by atoms with van der Waals surface area (Å²) in [5.74, 6) is -0.648. The molecule has 0 radical (unpaired) electrons. The zero-order valence-corrected chi connectivity index (χ0v) is 19.5. The lowest BCUT2D eigenvalue weighted by Gasteiger charge is -2.44. The highest BCUT2D eigenvalue weighted by molar-refractivity contribution is 6.74. The monoisotopic (exact) mass is 444 g/mol. The second-order valence-electron chi connectivity index (χ2n) is 8.81. The van der Waals surface area contributed by atoms with Crippen LogP contribution in [0.3, 0.4) is 0 Å². The average molecular weight is 445 g/mol. The van der Waals surface area contributed by atoms with Crippen LogP contribution in [0.15, 0.2) is 30.3 Å². The van der Waals surface area contributed by atoms with Crippen LogP contribution in [0.2, 0.25) is 18.1 Å². The van der Waals surface area contributed by atoms with Crippen LogP contribution in [-0.2, 0) is 30.0 Å². The van der Waals surface area contributed by atoms with E-state index in [1.165, 1.54) is 0 Å². The molecule has 0 aliphatic carbocycles. The van der Waals surface area contributed by atoms with Crippen LogP contribution in [-0.4, -0.2) is 44.8 Å². The Morgan fingerprint density at radius 3 is 2.41 bits per heavy atom. The van der Waals surface area contributed by atoms with Gasteiger partial charge in [0, 0.05) is 6.42 Å². The zero-order chi connectivity index (χ0) is 20.9. The maximum atomic E-state index is 11.9. The van der Waals surface area contributed by atoms with E-state index in [4.69, 9.17) is 30.2 Å². The van der Waals surface area contributed by atoms with Crippen LogP contribution in [0, 0.1) is 0 Å². The van der Waals surface area contributed by atoms with Gasteiger partial charge in [-0.25, -0.2) is 0 Å². The predicted octanol–water partition coefficient (Wildman–Crippen LogP) is 5.52. The number of rotatable bonds is 7. The van der Waals surface area contributed by atoms with E-state index in [1.807, 2.05) is 37.3 Å². The minimum absolute atomic E-state index is 0. The molecule has 1 aromatic rings. The van der Waals surface area contributed by atoms with E-state index in [0.29, 0.717) is 13.0 Å². The highest BCUT2D eigenvalue weighted by Gasteiger charge is 2.45. The van der Waals surface area contributed by atoms with Gasteiger partial charge in [0.05, 0.1) is 12.7 Å². The number of hydrogen-bond donors (Lipinski definition) is 0. The molecular formula is C22H37ClO5Si. The average Bonchev–Trinajstić information content (AvgIpc) is 2.60. The van der Waals surface area contributed by atoms with E-state index in [-0.39, 0.29) is 30.6 Å². The summed E-state index contributed by atoms with van der Waals surface area (Å²) in [5.41, 5.74) is 1.05. The van der Waals surface area contributed by atoms with Gasteiger partial charge < -0.3 is 18.6 Å². The lowest BCUT2D eigenvalue weighted by molar-refractivity contribution is -0.241. The van der Waals surface area contributed by atoms with E-state index in [1.54, 1.807) is 0 Å². The quantitative estimate of drug-likeness (QED) is 0.315. The number of hydrogen-bond acceptors (Lipinski definition) is 5. The van der Waals surface area contributed by atoms with Gasteiger partial charge in [0.1, 0.15) is 18.1 Å². The third-order valence-electron chi connectivity index (χ3n) is 5.53. The van der Waals surface area contributed by atoms with Crippen LogP contribution in [0.1, 0.15) is 47.1 Å². The van der Waals surface area contributed by atoms with Crippen molar-refractivity contribution in [2.45, 2.75) is 90.9 Å². The van der Waals surface area contributed by atoms with Crippen molar-refractivity contribution < 1.29 is 23.4 Å². The summed E-state index contributed by atoms with van der Waals surface area (Å²) in [5, 5.41) is 0.0581. The van der Waals surface area contributed by atoms with Gasteiger partial charge in [0.25, 0.3) is 0 Å². The summed E-state index contributed by atoms with van der Waals surface area (Å²) in [7, 11) is -2.03. The summed E-state index contributed by atoms with van der Waals surface area (Å²) in [4.78, 5) is 11.9. The second kappa shape index (κ2) is 10.9. The molecule has 1 heterocycles. The Hall–Kier alpha value is -0.923. The van der Waals surface area contributed by atoms with Gasteiger partial charge in [-0.3, -0.25) is 4.79 Å². The first kappa shape index (κ1) is 26.1. The molecule has 2 rings (SSSR count). The number of alkyl halides is 1. The Kier molecular flexibility index (Phi) is 9.83. The molecule has 166 valence electrons. The summed E-state index contributed by atoms with van der Waals surface area (Å²) < 4.78 is 24.2. The minimum Gasteiger partial charge on any atom is -0.458 e. The van der Waals surface area contributed by atoms with Gasteiger partial charge in [-0.05, 0) is 30.6 Å². The van der Waals surface area contributed by atoms with Crippen LogP contribution >= 0.6 is 11.6 Å². The van der Waals surface area contributed by atoms with Crippen molar-refractivity contribution in [1.82, 2.24) is 0 Å². The van der Waals surface area contributed by atoms with Crippen LogP contribution in [0.4, 0.5) is 0 Å². The topological polar surface area (TPSA) is 54.0 Å². The van der Waals surface area contributed by atoms with Crippen LogP contribution < -0.4 is 0 Å². The molecule has 0 spiro atoms. The molecule has 4 unspecified atom stereocenters. The fourth-order valence-electron chi connectivity index (χ4n) is 2.90. The Balaban J connectivity index is 0.00000420. The molecule has 0 saturated carbocycles. The Bertz CT molecular complexity index is 632. The first-order valence-electron chi connectivity index (χ1n) is 9.78. The molecule has 0 amide bonds. The maximum absolute atomic E-state index is 11.9. The molecule has 1 aliphatic heterocycles. The van der Waals surface area contributed by atoms with Gasteiger partial charge in [0.2, 0.25) is 0 Å². The number of benzene rings is 1. The second-order valence-corrected chi connectivity index (χ2v) is 13.8. The molecule has 7 heteroatoms. The zero-order valence-electron chi connectivity index (χ0n) is 17.7. The van der Waals surface area contributed by atoms with E-state index >= 15 is 0 Å². The SMILES string of the molecule is C.CC1OC(O[Si](C)(C)C(C)(C)C)CC(OC(=O)CCl)C1OCc1ccccc1. The Morgan fingerprint density at radius 2 is 1.86 bits per heavy atom. The van der Waals surface area contributed by atoms with Crippen molar-refractivity contribution in [3.05, 3.63) is 35.9 Å². The fraction of sp³-hybridized carbons (Fsp3) is 0.682. The smallest absolute Gasteiger partial charge is 0.321 e. The molecule has 5 nitrogen and oxygen atoms in total. The molecule has 1 aliphatic rings. The van der Waals surface area contributed by atoms with Crippen LogP contribution in [0.5, 0.6) is 0 Å². The van der Waals surface area contributed by atoms with Gasteiger partial charge in [-0.2, -0.15) is 0 Å². The van der Waals surface area contributed by atoms with Gasteiger partial charge in [-0.15, -0.1) is 11.6 Å². The molecule has 0 N–H and O–H groups in total. The van der Waals surface area contributed by atoms with Crippen molar-refractivity contribution in [1.29, 1.82) is 0 Å². The van der Waals surface area contributed by atoms with Crippen molar-refractivity contribution in [3.8, 4) is 0 Å². The maximum Gasteiger partial charge on any atom is 0.321 e. The van der Waals surface area contributed by atoms with Crippen molar-refractivity contribution in [3.63, 3.8) is 0 Å². The largest absolute Gasteiger partial charge is 0.458 e. The Labute approximate surface area is 182 Å². The molecule has 1 saturated heterocycles. The van der Waals surface area contributed by atoms with Crippen molar-refractivity contribution >= 4 is 25.9 Å². The van der Waals surface area contributed by atoms with Crippen molar-refractivity contribution in [2.24, 2.45) is 0 Å². The molecule has 1 aromatic carbocycles. The molecular weight excluding hydrogens is 408 g/mol. The number of carbonyl (C=O) groups is 1. The minimum atomic E-state index is -2.03. The third kappa shape index (κ3) is 7.37. The lowest BCUT2D eigenvalue weighted by Crippen LogP contribution is -2.54. The number of esters is 1. The Morgan fingerprint density at radius 1 is 1.24 bits per heavy atom. The van der Waals surface area contributed by atoms with Crippen LogP contribution in [0.25, 0.3) is 0 Å². The molecule has 1 fully saturated rings. The highest BCUT2D eigenvalue weighted by atomic mass is 35.5. The predicted molar refractivity (Wildman–Crippen MR) is 120 cm³/mol. The fourth-order valence-corrected chi connectivity index (χ4v) is 4.13. The molecule has 0 aromatic heterocycles. The number of halogens is 1. The van der Waals surface area contributed by atoms with E-state index < -0.39 is 26.7 Å². The molecule has 4 atom stereocenters. The van der Waals surface area contributed by atoms with Gasteiger partial charge in [0.15, 0.2) is 14.6 Å². The number of ether oxygens (including phenoxy) is 3. The highest BCUT2D eigenvalue weighted by Crippen LogP contribution is 2.39. The van der Waals surface area contributed by atoms with Gasteiger partial charge >= 0.3 is 5.97 Å². The summed E-state index contributed by atoms with van der Waals surface area (Å²) >= 11 is 5.66. The van der Waals surface area contributed by atoms with E-state index in [2.05, 4.69) is 33.9 Å². The standard InChI is InChI=1S/C21H33ClO5Si.CH4/c1-15-20(24-14-16-10-8-7-9-11-16)17(26-18(23)13-22)12-19(25-15)27-28(5,6)21(2,3)4;/h7-11,15,17,19-20H,12-14H2,1-6H3;1H4. The normalized spacial score (nSPS) is 25.2. The van der Waals surface area contributed by atoms with Gasteiger partial charge in [-0.1, -0.05) is 58.5 Å². The third-order valence-corrected chi connectivity index (χ3v) is 10.2. The summed E-state index contributed by atoms with van der Waals surface area (Å²) in [6.45, 7) is 13.3. The lowest BCUT2D eigenvalue weighted by atomic mass is 10.0. The molecule has 29 heavy (non-hydrogen) atoms. The first-order valence-corrected chi connectivity index (χ1v) is 13.2. The summed E-state index contributed by atoms with van der Waals surface area (Å²) in [6.07, 6.45) is -1.13. The van der Waals surface area contributed by atoms with E-state index in [0.717, 1.165) is 5.56 Å². The summed E-state index contributed by atoms with van der Waals surface area (Å²) in [6, 6.07) is 9.89. The first-order chi connectivity index (χ1) is 13.0. The molecule has 0 bridgehead atoms. The number of carbonyl (C=O) groups excluding carboxylic acids is 1.